The summed E-state index contributed by atoms with van der Waals surface area (Å²) in [5.74, 6) is 0. The highest BCUT2D eigenvalue weighted by molar-refractivity contribution is 6.95. The van der Waals surface area contributed by atoms with Gasteiger partial charge in [0.1, 0.15) is 0 Å². The first-order valence-electron chi connectivity index (χ1n) is 12.8. The second-order valence-corrected chi connectivity index (χ2v) is 10.4. The summed E-state index contributed by atoms with van der Waals surface area (Å²) in [6, 6.07) is 36.2. The van der Waals surface area contributed by atoms with Crippen LogP contribution in [0.15, 0.2) is 97.1 Å². The van der Waals surface area contributed by atoms with Gasteiger partial charge in [0.05, 0.1) is 5.69 Å². The van der Waals surface area contributed by atoms with Gasteiger partial charge in [-0.25, -0.2) is 0 Å². The predicted molar refractivity (Wildman–Crippen MR) is 153 cm³/mol. The molecule has 36 heavy (non-hydrogen) atoms. The van der Waals surface area contributed by atoms with E-state index in [4.69, 9.17) is 0 Å². The Labute approximate surface area is 212 Å². The minimum atomic E-state index is 0.148. The molecular weight excluding hydrogens is 435 g/mol. The van der Waals surface area contributed by atoms with E-state index in [1.54, 1.807) is 0 Å². The normalized spacial score (nSPS) is 13.8. The minimum absolute atomic E-state index is 0.148. The first-order chi connectivity index (χ1) is 17.6. The molecular formula is C33H25BN2. The average molecular weight is 460 g/mol. The molecule has 8 rings (SSSR count). The van der Waals surface area contributed by atoms with Crippen LogP contribution in [0.1, 0.15) is 16.7 Å². The number of aryl methyl sites for hydroxylation is 3. The lowest BCUT2D eigenvalue weighted by atomic mass is 9.41. The molecule has 0 atom stereocenters. The Balaban J connectivity index is 1.57. The van der Waals surface area contributed by atoms with E-state index in [-0.39, 0.29) is 6.85 Å². The average Bonchev–Trinajstić information content (AvgIpc) is 2.89. The molecule has 3 heterocycles. The van der Waals surface area contributed by atoms with Gasteiger partial charge in [-0.15, -0.1) is 0 Å². The van der Waals surface area contributed by atoms with Gasteiger partial charge in [0.25, 0.3) is 0 Å². The predicted octanol–water partition coefficient (Wildman–Crippen LogP) is 7.30. The maximum absolute atomic E-state index is 2.59. The fraction of sp³-hybridized carbons (Fsp3) is 0.0909. The zero-order valence-electron chi connectivity index (χ0n) is 20.7. The monoisotopic (exact) mass is 460 g/mol. The van der Waals surface area contributed by atoms with Crippen LogP contribution in [-0.2, 0) is 0 Å². The Kier molecular flexibility index (Phi) is 3.85. The van der Waals surface area contributed by atoms with Crippen molar-refractivity contribution in [2.75, 3.05) is 9.71 Å². The second-order valence-electron chi connectivity index (χ2n) is 10.4. The summed E-state index contributed by atoms with van der Waals surface area (Å²) in [7, 11) is 0. The summed E-state index contributed by atoms with van der Waals surface area (Å²) >= 11 is 0. The number of fused-ring (bicyclic) bond motifs is 6. The Hall–Kier alpha value is -4.24. The summed E-state index contributed by atoms with van der Waals surface area (Å²) in [6.45, 7) is 6.84. The maximum atomic E-state index is 2.59. The van der Waals surface area contributed by atoms with Crippen LogP contribution in [0.25, 0.3) is 22.3 Å². The van der Waals surface area contributed by atoms with Crippen LogP contribution >= 0.6 is 0 Å². The summed E-state index contributed by atoms with van der Waals surface area (Å²) in [5, 5.41) is 0. The van der Waals surface area contributed by atoms with E-state index in [0.717, 1.165) is 0 Å². The van der Waals surface area contributed by atoms with Crippen molar-refractivity contribution in [2.24, 2.45) is 0 Å². The van der Waals surface area contributed by atoms with Crippen LogP contribution < -0.4 is 20.6 Å². The summed E-state index contributed by atoms with van der Waals surface area (Å²) in [5.41, 5.74) is 18.5. The standard InChI is InChI=1S/C33H25BN2/c1-20-18-21(2)33(22(3)19-20)35-29-16-8-12-25-23-10-4-6-14-27(23)36-28-15-7-5-11-24(28)26-13-9-17-30(35)32(26)34(36)31(25)29/h4-19H,1-3H3. The number of anilines is 5. The van der Waals surface area contributed by atoms with Crippen LogP contribution in [0.2, 0.25) is 0 Å². The van der Waals surface area contributed by atoms with E-state index in [2.05, 4.69) is 128 Å². The highest BCUT2D eigenvalue weighted by Gasteiger charge is 2.48. The van der Waals surface area contributed by atoms with Crippen LogP contribution in [-0.4, -0.2) is 6.85 Å². The van der Waals surface area contributed by atoms with Crippen molar-refractivity contribution < 1.29 is 0 Å². The Morgan fingerprint density at radius 3 is 1.47 bits per heavy atom. The number of para-hydroxylation sites is 2. The van der Waals surface area contributed by atoms with Crippen molar-refractivity contribution in [2.45, 2.75) is 20.8 Å². The SMILES string of the molecule is Cc1cc(C)c(N2c3cccc4c3B3c5c(cccc52)-c2ccccc2N3c2ccccc2-4)c(C)c1. The van der Waals surface area contributed by atoms with Crippen LogP contribution in [0.5, 0.6) is 0 Å². The molecule has 5 aromatic carbocycles. The van der Waals surface area contributed by atoms with E-state index < -0.39 is 0 Å². The zero-order chi connectivity index (χ0) is 24.1. The van der Waals surface area contributed by atoms with Gasteiger partial charge < -0.3 is 9.71 Å². The molecule has 0 aliphatic carbocycles. The second kappa shape index (κ2) is 6.92. The van der Waals surface area contributed by atoms with E-state index in [1.807, 2.05) is 0 Å². The van der Waals surface area contributed by atoms with Crippen molar-refractivity contribution in [3.63, 3.8) is 0 Å². The van der Waals surface area contributed by atoms with Crippen LogP contribution in [0.4, 0.5) is 28.4 Å². The smallest absolute Gasteiger partial charge is 0.333 e. The molecule has 0 N–H and O–H groups in total. The highest BCUT2D eigenvalue weighted by atomic mass is 15.2. The molecule has 0 saturated heterocycles. The molecule has 0 amide bonds. The zero-order valence-corrected chi connectivity index (χ0v) is 20.7. The van der Waals surface area contributed by atoms with Crippen molar-refractivity contribution in [3.8, 4) is 22.3 Å². The molecule has 0 radical (unpaired) electrons. The van der Waals surface area contributed by atoms with Crippen LogP contribution in [0, 0.1) is 20.8 Å². The van der Waals surface area contributed by atoms with Gasteiger partial charge in [-0.05, 0) is 78.2 Å². The topological polar surface area (TPSA) is 6.48 Å². The van der Waals surface area contributed by atoms with Gasteiger partial charge in [-0.2, -0.15) is 0 Å². The summed E-state index contributed by atoms with van der Waals surface area (Å²) in [4.78, 5) is 5.13. The van der Waals surface area contributed by atoms with Gasteiger partial charge in [0, 0.05) is 33.9 Å². The lowest BCUT2D eigenvalue weighted by Crippen LogP contribution is -2.63. The summed E-state index contributed by atoms with van der Waals surface area (Å²) in [6.07, 6.45) is 0. The van der Waals surface area contributed by atoms with Crippen molar-refractivity contribution in [3.05, 3.63) is 114 Å². The van der Waals surface area contributed by atoms with Gasteiger partial charge in [-0.3, -0.25) is 0 Å². The third-order valence-electron chi connectivity index (χ3n) is 8.22. The van der Waals surface area contributed by atoms with E-state index in [9.17, 15) is 0 Å². The summed E-state index contributed by atoms with van der Waals surface area (Å²) < 4.78 is 0. The maximum Gasteiger partial charge on any atom is 0.333 e. The molecule has 0 saturated carbocycles. The van der Waals surface area contributed by atoms with Gasteiger partial charge in [-0.1, -0.05) is 78.4 Å². The molecule has 3 aliphatic rings. The van der Waals surface area contributed by atoms with Gasteiger partial charge in [0.2, 0.25) is 0 Å². The molecule has 5 aromatic rings. The number of benzene rings is 5. The first kappa shape index (κ1) is 20.0. The van der Waals surface area contributed by atoms with Gasteiger partial charge >= 0.3 is 6.85 Å². The fourth-order valence-electron chi connectivity index (χ4n) is 7.07. The number of rotatable bonds is 1. The lowest BCUT2D eigenvalue weighted by Gasteiger charge is -2.49. The molecule has 2 nitrogen and oxygen atoms in total. The quantitative estimate of drug-likeness (QED) is 0.242. The van der Waals surface area contributed by atoms with Crippen molar-refractivity contribution in [1.82, 2.24) is 0 Å². The molecule has 3 heteroatoms. The van der Waals surface area contributed by atoms with E-state index in [0.29, 0.717) is 0 Å². The Bertz CT molecular complexity index is 1630. The van der Waals surface area contributed by atoms with Crippen molar-refractivity contribution in [1.29, 1.82) is 0 Å². The molecule has 170 valence electrons. The number of hydrogen-bond donors (Lipinski definition) is 0. The highest BCUT2D eigenvalue weighted by Crippen LogP contribution is 2.51. The molecule has 0 bridgehead atoms. The third-order valence-corrected chi connectivity index (χ3v) is 8.22. The van der Waals surface area contributed by atoms with Gasteiger partial charge in [0.15, 0.2) is 0 Å². The van der Waals surface area contributed by atoms with Crippen LogP contribution in [0.3, 0.4) is 0 Å². The molecule has 0 fully saturated rings. The molecule has 3 aliphatic heterocycles. The van der Waals surface area contributed by atoms with Crippen molar-refractivity contribution >= 4 is 46.2 Å². The molecule has 0 aromatic heterocycles. The molecule has 0 unspecified atom stereocenters. The third kappa shape index (κ3) is 2.38. The number of hydrogen-bond acceptors (Lipinski definition) is 2. The number of nitrogens with zero attached hydrogens (tertiary/aromatic N) is 2. The van der Waals surface area contributed by atoms with E-state index in [1.165, 1.54) is 78.3 Å². The molecule has 0 spiro atoms. The lowest BCUT2D eigenvalue weighted by molar-refractivity contribution is 1.20. The minimum Gasteiger partial charge on any atom is -0.376 e. The first-order valence-corrected chi connectivity index (χ1v) is 12.8. The Morgan fingerprint density at radius 2 is 0.944 bits per heavy atom. The fourth-order valence-corrected chi connectivity index (χ4v) is 7.07. The largest absolute Gasteiger partial charge is 0.376 e. The van der Waals surface area contributed by atoms with E-state index >= 15 is 0 Å². The Morgan fingerprint density at radius 1 is 0.500 bits per heavy atom.